The molecule has 27 heavy (non-hydrogen) atoms. The van der Waals surface area contributed by atoms with Crippen LogP contribution in [0, 0.1) is 0 Å². The molecule has 0 atom stereocenters. The molecule has 0 fully saturated rings. The van der Waals surface area contributed by atoms with Gasteiger partial charge in [-0.3, -0.25) is 9.52 Å². The van der Waals surface area contributed by atoms with E-state index in [1.807, 2.05) is 0 Å². The third kappa shape index (κ3) is 5.45. The van der Waals surface area contributed by atoms with Crippen LogP contribution in [0.4, 0.5) is 5.69 Å². The van der Waals surface area contributed by atoms with Crippen molar-refractivity contribution in [2.75, 3.05) is 31.8 Å². The Morgan fingerprint density at radius 3 is 2.30 bits per heavy atom. The van der Waals surface area contributed by atoms with Crippen molar-refractivity contribution < 1.29 is 32.2 Å². The monoisotopic (exact) mass is 393 g/mol. The number of benzene rings is 2. The molecule has 0 saturated heterocycles. The van der Waals surface area contributed by atoms with Crippen molar-refractivity contribution in [2.24, 2.45) is 0 Å². The molecule has 1 N–H and O–H groups in total. The highest BCUT2D eigenvalue weighted by Gasteiger charge is 2.17. The Bertz CT molecular complexity index is 954. The number of nitrogens with one attached hydrogen (secondary N) is 1. The van der Waals surface area contributed by atoms with Gasteiger partial charge in [-0.15, -0.1) is 0 Å². The van der Waals surface area contributed by atoms with Crippen molar-refractivity contribution in [2.45, 2.75) is 0 Å². The summed E-state index contributed by atoms with van der Waals surface area (Å²) in [5, 5.41) is 0. The second-order valence-corrected chi connectivity index (χ2v) is 7.24. The predicted octanol–water partition coefficient (Wildman–Crippen LogP) is 2.12. The van der Waals surface area contributed by atoms with Gasteiger partial charge in [0.25, 0.3) is 0 Å². The van der Waals surface area contributed by atoms with Gasteiger partial charge < -0.3 is 14.2 Å². The summed E-state index contributed by atoms with van der Waals surface area (Å²) in [7, 11) is -0.655. The number of para-hydroxylation sites is 1. The van der Waals surface area contributed by atoms with Gasteiger partial charge in [-0.25, -0.2) is 13.2 Å². The SMILES string of the molecule is COc1ccc(C(=O)COC(=O)c2ccccc2NS(C)(=O)=O)cc1OC. The fourth-order valence-electron chi connectivity index (χ4n) is 2.25. The number of hydrogen-bond acceptors (Lipinski definition) is 7. The molecule has 0 aliphatic rings. The molecule has 0 spiro atoms. The normalized spacial score (nSPS) is 10.8. The Kier molecular flexibility index (Phi) is 6.40. The average molecular weight is 393 g/mol. The molecule has 2 aromatic carbocycles. The Morgan fingerprint density at radius 1 is 1.00 bits per heavy atom. The van der Waals surface area contributed by atoms with Crippen LogP contribution in [0.15, 0.2) is 42.5 Å². The Hall–Kier alpha value is -3.07. The van der Waals surface area contributed by atoms with Crippen molar-refractivity contribution in [1.82, 2.24) is 0 Å². The molecule has 0 bridgehead atoms. The lowest BCUT2D eigenvalue weighted by atomic mass is 10.1. The molecular formula is C18H19NO7S. The summed E-state index contributed by atoms with van der Waals surface area (Å²) in [6.45, 7) is -0.512. The van der Waals surface area contributed by atoms with Crippen LogP contribution in [0.2, 0.25) is 0 Å². The van der Waals surface area contributed by atoms with E-state index in [9.17, 15) is 18.0 Å². The summed E-state index contributed by atoms with van der Waals surface area (Å²) in [5.41, 5.74) is 0.356. The molecule has 144 valence electrons. The number of sulfonamides is 1. The average Bonchev–Trinajstić information content (AvgIpc) is 2.64. The second kappa shape index (κ2) is 8.54. The zero-order valence-electron chi connectivity index (χ0n) is 15.0. The van der Waals surface area contributed by atoms with E-state index in [0.717, 1.165) is 6.26 Å². The van der Waals surface area contributed by atoms with Crippen molar-refractivity contribution in [3.63, 3.8) is 0 Å². The van der Waals surface area contributed by atoms with E-state index < -0.39 is 28.4 Å². The van der Waals surface area contributed by atoms with Crippen molar-refractivity contribution in [1.29, 1.82) is 0 Å². The molecule has 9 heteroatoms. The summed E-state index contributed by atoms with van der Waals surface area (Å²) < 4.78 is 40.3. The first-order valence-electron chi connectivity index (χ1n) is 7.74. The van der Waals surface area contributed by atoms with Crippen LogP contribution in [0.1, 0.15) is 20.7 Å². The molecular weight excluding hydrogens is 374 g/mol. The Morgan fingerprint density at radius 2 is 1.67 bits per heavy atom. The number of esters is 1. The second-order valence-electron chi connectivity index (χ2n) is 5.49. The standard InChI is InChI=1S/C18H19NO7S/c1-24-16-9-8-12(10-17(16)25-2)15(20)11-26-18(21)13-6-4-5-7-14(13)19-27(3,22)23/h4-10,19H,11H2,1-3H3. The molecule has 2 rings (SSSR count). The number of carbonyl (C=O) groups is 2. The lowest BCUT2D eigenvalue weighted by molar-refractivity contribution is 0.0475. The van der Waals surface area contributed by atoms with E-state index in [2.05, 4.69) is 4.72 Å². The summed E-state index contributed by atoms with van der Waals surface area (Å²) in [6.07, 6.45) is 0.968. The van der Waals surface area contributed by atoms with E-state index in [1.54, 1.807) is 18.2 Å². The molecule has 8 nitrogen and oxygen atoms in total. The number of ketones is 1. The van der Waals surface area contributed by atoms with E-state index in [0.29, 0.717) is 11.5 Å². The largest absolute Gasteiger partial charge is 0.493 e. The Labute approximate surface area is 157 Å². The number of methoxy groups -OCH3 is 2. The van der Waals surface area contributed by atoms with Gasteiger partial charge in [0.05, 0.1) is 31.7 Å². The van der Waals surface area contributed by atoms with Crippen LogP contribution in [-0.4, -0.2) is 47.3 Å². The van der Waals surface area contributed by atoms with Gasteiger partial charge in [-0.1, -0.05) is 12.1 Å². The van der Waals surface area contributed by atoms with Gasteiger partial charge in [0.2, 0.25) is 10.0 Å². The van der Waals surface area contributed by atoms with Crippen LogP contribution in [0.3, 0.4) is 0 Å². The molecule has 0 heterocycles. The maximum absolute atomic E-state index is 12.3. The first-order chi connectivity index (χ1) is 12.7. The number of rotatable bonds is 8. The van der Waals surface area contributed by atoms with Crippen LogP contribution in [0.5, 0.6) is 11.5 Å². The third-order valence-corrected chi connectivity index (χ3v) is 4.07. The van der Waals surface area contributed by atoms with Gasteiger partial charge in [0.1, 0.15) is 0 Å². The minimum atomic E-state index is -3.57. The van der Waals surface area contributed by atoms with Crippen molar-refractivity contribution >= 4 is 27.5 Å². The summed E-state index contributed by atoms with van der Waals surface area (Å²) in [4.78, 5) is 24.5. The van der Waals surface area contributed by atoms with Gasteiger partial charge in [-0.05, 0) is 30.3 Å². The highest BCUT2D eigenvalue weighted by Crippen LogP contribution is 2.27. The number of hydrogen-bond donors (Lipinski definition) is 1. The predicted molar refractivity (Wildman–Crippen MR) is 99.1 cm³/mol. The molecule has 0 aromatic heterocycles. The van der Waals surface area contributed by atoms with Crippen LogP contribution < -0.4 is 14.2 Å². The number of anilines is 1. The quantitative estimate of drug-likeness (QED) is 0.540. The molecule has 0 aliphatic heterocycles. The molecule has 0 amide bonds. The van der Waals surface area contributed by atoms with Gasteiger partial charge in [0.15, 0.2) is 23.9 Å². The lowest BCUT2D eigenvalue weighted by Gasteiger charge is -2.11. The molecule has 2 aromatic rings. The Balaban J connectivity index is 2.11. The first kappa shape index (κ1) is 20.2. The number of carbonyl (C=O) groups excluding carboxylic acids is 2. The molecule has 0 aliphatic carbocycles. The maximum Gasteiger partial charge on any atom is 0.340 e. The molecule has 0 unspecified atom stereocenters. The van der Waals surface area contributed by atoms with Gasteiger partial charge in [0, 0.05) is 5.56 Å². The van der Waals surface area contributed by atoms with Crippen LogP contribution >= 0.6 is 0 Å². The smallest absolute Gasteiger partial charge is 0.340 e. The van der Waals surface area contributed by atoms with Crippen LogP contribution in [-0.2, 0) is 14.8 Å². The summed E-state index contributed by atoms with van der Waals surface area (Å²) in [5.74, 6) is -0.433. The third-order valence-electron chi connectivity index (χ3n) is 3.48. The summed E-state index contributed by atoms with van der Waals surface area (Å²) >= 11 is 0. The minimum Gasteiger partial charge on any atom is -0.493 e. The van der Waals surface area contributed by atoms with Crippen molar-refractivity contribution in [3.05, 3.63) is 53.6 Å². The topological polar surface area (TPSA) is 108 Å². The van der Waals surface area contributed by atoms with Gasteiger partial charge in [-0.2, -0.15) is 0 Å². The number of ether oxygens (including phenoxy) is 3. The van der Waals surface area contributed by atoms with Crippen LogP contribution in [0.25, 0.3) is 0 Å². The first-order valence-corrected chi connectivity index (χ1v) is 9.63. The van der Waals surface area contributed by atoms with Crippen molar-refractivity contribution in [3.8, 4) is 11.5 Å². The lowest BCUT2D eigenvalue weighted by Crippen LogP contribution is -2.17. The van der Waals surface area contributed by atoms with Gasteiger partial charge >= 0.3 is 5.97 Å². The molecule has 0 radical (unpaired) electrons. The summed E-state index contributed by atoms with van der Waals surface area (Å²) in [6, 6.07) is 10.5. The fourth-order valence-corrected chi connectivity index (χ4v) is 2.83. The number of Topliss-reactive ketones (excluding diaryl/α,β-unsaturated/α-hetero) is 1. The van der Waals surface area contributed by atoms with E-state index in [4.69, 9.17) is 14.2 Å². The maximum atomic E-state index is 12.3. The van der Waals surface area contributed by atoms with E-state index >= 15 is 0 Å². The van der Waals surface area contributed by atoms with E-state index in [1.165, 1.54) is 38.5 Å². The zero-order valence-corrected chi connectivity index (χ0v) is 15.8. The zero-order chi connectivity index (χ0) is 20.0. The minimum absolute atomic E-state index is 0.00281. The fraction of sp³-hybridized carbons (Fsp3) is 0.222. The highest BCUT2D eigenvalue weighted by atomic mass is 32.2. The van der Waals surface area contributed by atoms with E-state index in [-0.39, 0.29) is 16.8 Å². The highest BCUT2D eigenvalue weighted by molar-refractivity contribution is 7.92. The molecule has 0 saturated carbocycles.